The summed E-state index contributed by atoms with van der Waals surface area (Å²) in [7, 11) is 1.61. The fourth-order valence-corrected chi connectivity index (χ4v) is 3.62. The van der Waals surface area contributed by atoms with Crippen LogP contribution in [0.5, 0.6) is 5.75 Å². The molecule has 0 spiro atoms. The van der Waals surface area contributed by atoms with Crippen LogP contribution in [-0.2, 0) is 9.53 Å². The van der Waals surface area contributed by atoms with Crippen molar-refractivity contribution in [1.29, 1.82) is 0 Å². The number of carbonyl (C=O) groups is 2. The highest BCUT2D eigenvalue weighted by Gasteiger charge is 2.34. The molecule has 0 saturated carbocycles. The van der Waals surface area contributed by atoms with Gasteiger partial charge in [0.2, 0.25) is 5.91 Å². The second-order valence-corrected chi connectivity index (χ2v) is 7.05. The number of piperidine rings is 1. The molecule has 7 heteroatoms. The summed E-state index contributed by atoms with van der Waals surface area (Å²) in [5.74, 6) is 0.782. The first-order chi connectivity index (χ1) is 13.1. The zero-order valence-electron chi connectivity index (χ0n) is 16.1. The zero-order chi connectivity index (χ0) is 19.2. The summed E-state index contributed by atoms with van der Waals surface area (Å²) < 4.78 is 10.9. The number of likely N-dealkylation sites (tertiary alicyclic amines) is 1. The molecule has 1 aromatic carbocycles. The number of ether oxygens (including phenoxy) is 2. The van der Waals surface area contributed by atoms with Gasteiger partial charge in [-0.2, -0.15) is 0 Å². The number of hydrogen-bond acceptors (Lipinski definition) is 4. The summed E-state index contributed by atoms with van der Waals surface area (Å²) in [5.41, 5.74) is 0.826. The Balaban J connectivity index is 1.60. The van der Waals surface area contributed by atoms with E-state index in [0.717, 1.165) is 17.9 Å². The summed E-state index contributed by atoms with van der Waals surface area (Å²) >= 11 is 0. The third kappa shape index (κ3) is 4.53. The summed E-state index contributed by atoms with van der Waals surface area (Å²) in [6.07, 6.45) is 2.23. The highest BCUT2D eigenvalue weighted by molar-refractivity contribution is 5.94. The van der Waals surface area contributed by atoms with Crippen LogP contribution in [0.15, 0.2) is 24.3 Å². The van der Waals surface area contributed by atoms with Crippen LogP contribution in [0.3, 0.4) is 0 Å². The number of hydrogen-bond donors (Lipinski definition) is 1. The van der Waals surface area contributed by atoms with E-state index in [0.29, 0.717) is 45.6 Å². The maximum Gasteiger partial charge on any atom is 0.324 e. The lowest BCUT2D eigenvalue weighted by atomic mass is 9.96. The van der Waals surface area contributed by atoms with Crippen LogP contribution in [0.25, 0.3) is 0 Å². The summed E-state index contributed by atoms with van der Waals surface area (Å²) in [4.78, 5) is 29.0. The molecule has 1 atom stereocenters. The Bertz CT molecular complexity index is 658. The van der Waals surface area contributed by atoms with Crippen molar-refractivity contribution in [3.05, 3.63) is 24.3 Å². The van der Waals surface area contributed by atoms with Gasteiger partial charge in [-0.25, -0.2) is 4.79 Å². The highest BCUT2D eigenvalue weighted by atomic mass is 16.5. The molecule has 148 valence electrons. The van der Waals surface area contributed by atoms with Crippen molar-refractivity contribution < 1.29 is 19.1 Å². The average Bonchev–Trinajstić information content (AvgIpc) is 2.72. The maximum atomic E-state index is 13.1. The number of anilines is 1. The predicted octanol–water partition coefficient (Wildman–Crippen LogP) is 2.26. The van der Waals surface area contributed by atoms with Crippen LogP contribution in [0, 0.1) is 5.92 Å². The molecule has 3 amide bonds. The first-order valence-electron chi connectivity index (χ1n) is 9.72. The number of carbonyl (C=O) groups excluding carboxylic acids is 2. The molecule has 1 aromatic rings. The topological polar surface area (TPSA) is 71.1 Å². The van der Waals surface area contributed by atoms with Crippen molar-refractivity contribution in [2.24, 2.45) is 5.92 Å². The summed E-state index contributed by atoms with van der Waals surface area (Å²) in [6.45, 7) is 4.85. The molecule has 0 aromatic heterocycles. The van der Waals surface area contributed by atoms with Crippen molar-refractivity contribution >= 4 is 17.6 Å². The van der Waals surface area contributed by atoms with Crippen LogP contribution in [0.4, 0.5) is 10.5 Å². The molecule has 0 unspecified atom stereocenters. The molecular weight excluding hydrogens is 346 g/mol. The predicted molar refractivity (Wildman–Crippen MR) is 103 cm³/mol. The third-order valence-corrected chi connectivity index (χ3v) is 5.26. The zero-order valence-corrected chi connectivity index (χ0v) is 16.1. The number of urea groups is 1. The van der Waals surface area contributed by atoms with Gasteiger partial charge in [0, 0.05) is 32.7 Å². The molecule has 0 radical (unpaired) electrons. The largest absolute Gasteiger partial charge is 0.486 e. The minimum absolute atomic E-state index is 0.00226. The molecule has 1 saturated heterocycles. The van der Waals surface area contributed by atoms with Crippen LogP contribution in [0.1, 0.15) is 26.2 Å². The number of benzene rings is 1. The molecule has 1 fully saturated rings. The minimum Gasteiger partial charge on any atom is -0.486 e. The van der Waals surface area contributed by atoms with Crippen LogP contribution >= 0.6 is 0 Å². The average molecular weight is 375 g/mol. The van der Waals surface area contributed by atoms with Crippen molar-refractivity contribution in [1.82, 2.24) is 10.2 Å². The Morgan fingerprint density at radius 2 is 2.00 bits per heavy atom. The number of nitrogens with zero attached hydrogens (tertiary/aromatic N) is 2. The molecule has 7 nitrogen and oxygen atoms in total. The summed E-state index contributed by atoms with van der Waals surface area (Å²) in [6, 6.07) is 7.68. The van der Waals surface area contributed by atoms with E-state index in [1.54, 1.807) is 7.11 Å². The first kappa shape index (κ1) is 19.5. The normalized spacial score (nSPS) is 20.0. The van der Waals surface area contributed by atoms with Gasteiger partial charge in [-0.05, 0) is 31.4 Å². The molecule has 0 bridgehead atoms. The fraction of sp³-hybridized carbons (Fsp3) is 0.600. The number of amides is 3. The smallest absolute Gasteiger partial charge is 0.324 e. The molecule has 3 rings (SSSR count). The molecule has 2 aliphatic heterocycles. The Labute approximate surface area is 160 Å². The molecule has 2 heterocycles. The van der Waals surface area contributed by atoms with Crippen molar-refractivity contribution in [2.45, 2.75) is 32.3 Å². The van der Waals surface area contributed by atoms with Crippen molar-refractivity contribution in [3.63, 3.8) is 0 Å². The van der Waals surface area contributed by atoms with Gasteiger partial charge in [0.1, 0.15) is 11.9 Å². The van der Waals surface area contributed by atoms with Gasteiger partial charge >= 0.3 is 6.03 Å². The first-order valence-corrected chi connectivity index (χ1v) is 9.72. The van der Waals surface area contributed by atoms with E-state index in [1.807, 2.05) is 34.1 Å². The van der Waals surface area contributed by atoms with Crippen molar-refractivity contribution in [2.75, 3.05) is 44.8 Å². The lowest BCUT2D eigenvalue weighted by Gasteiger charge is -2.39. The molecule has 2 aliphatic rings. The second kappa shape index (κ2) is 9.08. The molecule has 0 aliphatic carbocycles. The van der Waals surface area contributed by atoms with E-state index in [-0.39, 0.29) is 24.0 Å². The number of para-hydroxylation sites is 2. The van der Waals surface area contributed by atoms with Gasteiger partial charge in [-0.15, -0.1) is 0 Å². The quantitative estimate of drug-likeness (QED) is 0.802. The van der Waals surface area contributed by atoms with Gasteiger partial charge in [0.15, 0.2) is 0 Å². The summed E-state index contributed by atoms with van der Waals surface area (Å²) in [5, 5.41) is 2.89. The fourth-order valence-electron chi connectivity index (χ4n) is 3.62. The lowest BCUT2D eigenvalue weighted by molar-refractivity contribution is -0.126. The monoisotopic (exact) mass is 375 g/mol. The Morgan fingerprint density at radius 3 is 2.70 bits per heavy atom. The standard InChI is InChI=1S/C20H29N3O4/c1-3-16-14-23(17-6-4-5-7-18(17)27-16)20(25)22-11-8-15(9-12-22)19(24)21-10-13-26-2/h4-7,15-16H,3,8-14H2,1-2H3,(H,21,24)/t16-/m0/s1. The van der Waals surface area contributed by atoms with E-state index in [4.69, 9.17) is 9.47 Å². The number of rotatable bonds is 5. The van der Waals surface area contributed by atoms with Gasteiger partial charge in [0.05, 0.1) is 18.8 Å². The Hall–Kier alpha value is -2.28. The number of nitrogens with one attached hydrogen (secondary N) is 1. The SMILES string of the molecule is CC[C@H]1CN(C(=O)N2CCC(C(=O)NCCOC)CC2)c2ccccc2O1. The van der Waals surface area contributed by atoms with E-state index in [9.17, 15) is 9.59 Å². The second-order valence-electron chi connectivity index (χ2n) is 7.05. The molecular formula is C20H29N3O4. The molecule has 1 N–H and O–H groups in total. The maximum absolute atomic E-state index is 13.1. The Kier molecular flexibility index (Phi) is 6.55. The number of methoxy groups -OCH3 is 1. The van der Waals surface area contributed by atoms with Gasteiger partial charge in [-0.3, -0.25) is 9.69 Å². The van der Waals surface area contributed by atoms with E-state index < -0.39 is 0 Å². The van der Waals surface area contributed by atoms with E-state index in [1.165, 1.54) is 0 Å². The Morgan fingerprint density at radius 1 is 1.26 bits per heavy atom. The molecule has 27 heavy (non-hydrogen) atoms. The highest BCUT2D eigenvalue weighted by Crippen LogP contribution is 2.34. The number of fused-ring (bicyclic) bond motifs is 1. The van der Waals surface area contributed by atoms with Gasteiger partial charge < -0.3 is 19.7 Å². The lowest BCUT2D eigenvalue weighted by Crippen LogP contribution is -2.52. The van der Waals surface area contributed by atoms with Gasteiger partial charge in [0.25, 0.3) is 0 Å². The van der Waals surface area contributed by atoms with Crippen molar-refractivity contribution in [3.8, 4) is 5.75 Å². The third-order valence-electron chi connectivity index (χ3n) is 5.26. The van der Waals surface area contributed by atoms with E-state index in [2.05, 4.69) is 12.2 Å². The van der Waals surface area contributed by atoms with E-state index >= 15 is 0 Å². The van der Waals surface area contributed by atoms with Gasteiger partial charge in [-0.1, -0.05) is 19.1 Å². The van der Waals surface area contributed by atoms with Crippen LogP contribution < -0.4 is 15.0 Å². The van der Waals surface area contributed by atoms with Crippen LogP contribution in [0.2, 0.25) is 0 Å². The minimum atomic E-state index is -0.0359. The van der Waals surface area contributed by atoms with Crippen LogP contribution in [-0.4, -0.2) is 62.8 Å².